The van der Waals surface area contributed by atoms with Crippen LogP contribution in [-0.4, -0.2) is 34.8 Å². The summed E-state index contributed by atoms with van der Waals surface area (Å²) >= 11 is 0. The Bertz CT molecular complexity index is 992. The smallest absolute Gasteiger partial charge is 0.242 e. The number of pyridine rings is 1. The number of aryl methyl sites for hydroxylation is 1. The minimum atomic E-state index is -0.621. The van der Waals surface area contributed by atoms with Crippen LogP contribution >= 0.6 is 0 Å². The van der Waals surface area contributed by atoms with Gasteiger partial charge >= 0.3 is 0 Å². The van der Waals surface area contributed by atoms with Gasteiger partial charge in [-0.05, 0) is 48.7 Å². The molecule has 6 heteroatoms. The number of benzene rings is 2. The predicted molar refractivity (Wildman–Crippen MR) is 124 cm³/mol. The summed E-state index contributed by atoms with van der Waals surface area (Å²) in [7, 11) is 1.61. The Balaban J connectivity index is 1.69. The van der Waals surface area contributed by atoms with Gasteiger partial charge in [0.25, 0.3) is 0 Å². The zero-order valence-corrected chi connectivity index (χ0v) is 18.5. The number of nitrogens with one attached hydrogen (secondary N) is 1. The highest BCUT2D eigenvalue weighted by molar-refractivity contribution is 5.87. The largest absolute Gasteiger partial charge is 0.497 e. The highest BCUT2D eigenvalue weighted by Crippen LogP contribution is 2.16. The Morgan fingerprint density at radius 3 is 2.34 bits per heavy atom. The predicted octanol–water partition coefficient (Wildman–Crippen LogP) is 3.76. The summed E-state index contributed by atoms with van der Waals surface area (Å²) in [6.07, 6.45) is 2.65. The first-order valence-corrected chi connectivity index (χ1v) is 10.7. The van der Waals surface area contributed by atoms with Crippen molar-refractivity contribution >= 4 is 11.8 Å². The molecule has 0 aliphatic heterocycles. The van der Waals surface area contributed by atoms with Crippen molar-refractivity contribution in [3.05, 3.63) is 95.8 Å². The second-order valence-electron chi connectivity index (χ2n) is 7.57. The van der Waals surface area contributed by atoms with E-state index < -0.39 is 6.04 Å². The van der Waals surface area contributed by atoms with Crippen molar-refractivity contribution in [3.8, 4) is 5.75 Å². The normalized spacial score (nSPS) is 11.4. The van der Waals surface area contributed by atoms with Gasteiger partial charge in [0.2, 0.25) is 11.8 Å². The van der Waals surface area contributed by atoms with Crippen molar-refractivity contribution in [1.82, 2.24) is 15.2 Å². The lowest BCUT2D eigenvalue weighted by Gasteiger charge is -2.29. The Morgan fingerprint density at radius 2 is 1.69 bits per heavy atom. The molecule has 1 atom stereocenters. The average Bonchev–Trinajstić information content (AvgIpc) is 2.85. The van der Waals surface area contributed by atoms with Crippen LogP contribution in [0.4, 0.5) is 0 Å². The number of carbonyl (C=O) groups is 2. The molecule has 3 aromatic rings. The number of hydrogen-bond acceptors (Lipinski definition) is 4. The third-order valence-corrected chi connectivity index (χ3v) is 5.32. The van der Waals surface area contributed by atoms with E-state index in [0.717, 1.165) is 22.6 Å². The Hall–Kier alpha value is -3.67. The molecule has 1 aromatic heterocycles. The van der Waals surface area contributed by atoms with E-state index >= 15 is 0 Å². The van der Waals surface area contributed by atoms with Crippen molar-refractivity contribution in [2.45, 2.75) is 38.9 Å². The number of aromatic nitrogens is 1. The maximum atomic E-state index is 13.2. The van der Waals surface area contributed by atoms with Crippen molar-refractivity contribution in [3.63, 3.8) is 0 Å². The van der Waals surface area contributed by atoms with Crippen LogP contribution in [0.15, 0.2) is 79.0 Å². The van der Waals surface area contributed by atoms with Crippen molar-refractivity contribution in [1.29, 1.82) is 0 Å². The maximum absolute atomic E-state index is 13.2. The molecular weight excluding hydrogens is 402 g/mol. The first-order chi connectivity index (χ1) is 15.6. The molecule has 0 spiro atoms. The molecule has 0 radical (unpaired) electrons. The van der Waals surface area contributed by atoms with Crippen LogP contribution < -0.4 is 10.1 Å². The van der Waals surface area contributed by atoms with Crippen LogP contribution in [-0.2, 0) is 29.1 Å². The van der Waals surface area contributed by atoms with E-state index in [4.69, 9.17) is 4.74 Å². The molecule has 32 heavy (non-hydrogen) atoms. The highest BCUT2D eigenvalue weighted by atomic mass is 16.5. The Morgan fingerprint density at radius 1 is 0.969 bits per heavy atom. The summed E-state index contributed by atoms with van der Waals surface area (Å²) in [4.78, 5) is 31.9. The van der Waals surface area contributed by atoms with Gasteiger partial charge in [-0.15, -0.1) is 0 Å². The summed E-state index contributed by atoms with van der Waals surface area (Å²) in [5, 5.41) is 2.90. The van der Waals surface area contributed by atoms with Crippen LogP contribution in [0.5, 0.6) is 5.75 Å². The molecule has 3 rings (SSSR count). The second-order valence-corrected chi connectivity index (χ2v) is 7.57. The highest BCUT2D eigenvalue weighted by Gasteiger charge is 2.26. The summed E-state index contributed by atoms with van der Waals surface area (Å²) in [5.41, 5.74) is 2.80. The first kappa shape index (κ1) is 23.0. The SMILES string of the molecule is COc1ccc(CN(C(=O)CCc2ccccc2)[C@@H](C)C(=O)NCc2ccccn2)cc1. The van der Waals surface area contributed by atoms with E-state index in [1.807, 2.05) is 72.8 Å². The van der Waals surface area contributed by atoms with Crippen molar-refractivity contribution in [2.75, 3.05) is 7.11 Å². The fourth-order valence-corrected chi connectivity index (χ4v) is 3.38. The minimum absolute atomic E-state index is 0.0647. The van der Waals surface area contributed by atoms with Gasteiger partial charge in [0.05, 0.1) is 19.3 Å². The standard InChI is InChI=1S/C26H29N3O3/c1-20(26(31)28-18-23-10-6-7-17-27-23)29(19-22-11-14-24(32-2)15-12-22)25(30)16-13-21-8-4-3-5-9-21/h3-12,14-15,17,20H,13,16,18-19H2,1-2H3,(H,28,31)/t20-/m0/s1. The van der Waals surface area contributed by atoms with Gasteiger partial charge in [-0.2, -0.15) is 0 Å². The number of ether oxygens (including phenoxy) is 1. The van der Waals surface area contributed by atoms with Crippen LogP contribution in [0, 0.1) is 0 Å². The lowest BCUT2D eigenvalue weighted by Crippen LogP contribution is -2.47. The molecule has 0 aliphatic rings. The third-order valence-electron chi connectivity index (χ3n) is 5.32. The first-order valence-electron chi connectivity index (χ1n) is 10.7. The van der Waals surface area contributed by atoms with E-state index in [2.05, 4.69) is 10.3 Å². The monoisotopic (exact) mass is 431 g/mol. The van der Waals surface area contributed by atoms with E-state index in [9.17, 15) is 9.59 Å². The molecular formula is C26H29N3O3. The van der Waals surface area contributed by atoms with Crippen molar-refractivity contribution in [2.24, 2.45) is 0 Å². The van der Waals surface area contributed by atoms with E-state index in [0.29, 0.717) is 25.9 Å². The van der Waals surface area contributed by atoms with E-state index in [1.165, 1.54) is 0 Å². The molecule has 0 fully saturated rings. The number of methoxy groups -OCH3 is 1. The van der Waals surface area contributed by atoms with E-state index in [-0.39, 0.29) is 11.8 Å². The number of amides is 2. The molecule has 0 saturated carbocycles. The fourth-order valence-electron chi connectivity index (χ4n) is 3.38. The lowest BCUT2D eigenvalue weighted by molar-refractivity contribution is -0.140. The number of carbonyl (C=O) groups excluding carboxylic acids is 2. The van der Waals surface area contributed by atoms with E-state index in [1.54, 1.807) is 25.1 Å². The molecule has 6 nitrogen and oxygen atoms in total. The summed E-state index contributed by atoms with van der Waals surface area (Å²) in [6.45, 7) is 2.42. The molecule has 0 aliphatic carbocycles. The molecule has 1 heterocycles. The zero-order chi connectivity index (χ0) is 22.8. The average molecular weight is 432 g/mol. The zero-order valence-electron chi connectivity index (χ0n) is 18.5. The molecule has 2 amide bonds. The maximum Gasteiger partial charge on any atom is 0.242 e. The lowest BCUT2D eigenvalue weighted by atomic mass is 10.1. The molecule has 2 aromatic carbocycles. The van der Waals surface area contributed by atoms with Gasteiger partial charge in [0, 0.05) is 19.2 Å². The summed E-state index contributed by atoms with van der Waals surface area (Å²) in [5.74, 6) is 0.472. The quantitative estimate of drug-likeness (QED) is 0.531. The van der Waals surface area contributed by atoms with Gasteiger partial charge in [-0.25, -0.2) is 0 Å². The van der Waals surface area contributed by atoms with Gasteiger partial charge < -0.3 is 15.0 Å². The third kappa shape index (κ3) is 6.67. The van der Waals surface area contributed by atoms with Gasteiger partial charge in [0.1, 0.15) is 11.8 Å². The Labute approximate surface area is 189 Å². The number of rotatable bonds is 10. The van der Waals surface area contributed by atoms with Gasteiger partial charge in [-0.1, -0.05) is 48.5 Å². The Kier molecular flexibility index (Phi) is 8.37. The molecule has 0 saturated heterocycles. The number of nitrogens with zero attached hydrogens (tertiary/aromatic N) is 2. The van der Waals surface area contributed by atoms with Crippen LogP contribution in [0.1, 0.15) is 30.2 Å². The summed E-state index contributed by atoms with van der Waals surface area (Å²) in [6, 6.07) is 22.4. The molecule has 1 N–H and O–H groups in total. The van der Waals surface area contributed by atoms with Crippen LogP contribution in [0.25, 0.3) is 0 Å². The van der Waals surface area contributed by atoms with Crippen LogP contribution in [0.3, 0.4) is 0 Å². The summed E-state index contributed by atoms with van der Waals surface area (Å²) < 4.78 is 5.22. The molecule has 0 unspecified atom stereocenters. The second kappa shape index (κ2) is 11.6. The van der Waals surface area contributed by atoms with Crippen LogP contribution in [0.2, 0.25) is 0 Å². The topological polar surface area (TPSA) is 71.5 Å². The number of hydrogen-bond donors (Lipinski definition) is 1. The minimum Gasteiger partial charge on any atom is -0.497 e. The molecule has 0 bridgehead atoms. The fraction of sp³-hybridized carbons (Fsp3) is 0.269. The van der Waals surface area contributed by atoms with Crippen molar-refractivity contribution < 1.29 is 14.3 Å². The van der Waals surface area contributed by atoms with Gasteiger partial charge in [0.15, 0.2) is 0 Å². The van der Waals surface area contributed by atoms with Gasteiger partial charge in [-0.3, -0.25) is 14.6 Å². The molecule has 166 valence electrons.